The van der Waals surface area contributed by atoms with Gasteiger partial charge < -0.3 is 0 Å². The smallest absolute Gasteiger partial charge is 0.273 e. The molecule has 0 amide bonds. The molecule has 70 valence electrons. The third-order valence-electron chi connectivity index (χ3n) is 1.17. The zero-order valence-corrected chi connectivity index (χ0v) is 12.9. The third kappa shape index (κ3) is 12.9. The first-order chi connectivity index (χ1) is 5.00. The second kappa shape index (κ2) is 15.3. The quantitative estimate of drug-likeness (QED) is 0.512. The number of hydrogen-bond donors (Lipinski definition) is 0. The van der Waals surface area contributed by atoms with Crippen molar-refractivity contribution in [2.75, 3.05) is 0 Å². The Morgan fingerprint density at radius 2 is 1.15 bits per heavy atom. The molecular formula is C10H12Cl2Th. The van der Waals surface area contributed by atoms with Crippen molar-refractivity contribution in [3.05, 3.63) is 48.6 Å². The van der Waals surface area contributed by atoms with E-state index in [1.54, 1.807) is 0 Å². The van der Waals surface area contributed by atoms with Gasteiger partial charge in [0.15, 0.2) is 0 Å². The Morgan fingerprint density at radius 1 is 0.769 bits per heavy atom. The molecule has 13 heavy (non-hydrogen) atoms. The summed E-state index contributed by atoms with van der Waals surface area (Å²) in [4.78, 5) is 0. The molecule has 0 heterocycles. The van der Waals surface area contributed by atoms with E-state index in [0.717, 1.165) is 12.8 Å². The minimum Gasteiger partial charge on any atom is -0.273 e. The van der Waals surface area contributed by atoms with Crippen LogP contribution in [-0.2, 0) is 0 Å². The van der Waals surface area contributed by atoms with Gasteiger partial charge in [0.25, 0.3) is 0 Å². The SMILES string of the molecule is Cl.Cl.[C-]1=CC=CC1.[C-]1=CC=CC1.[Th+2]. The van der Waals surface area contributed by atoms with Gasteiger partial charge in [-0.05, 0) is 0 Å². The maximum atomic E-state index is 2.99. The van der Waals surface area contributed by atoms with Gasteiger partial charge in [-0.1, -0.05) is 0 Å². The van der Waals surface area contributed by atoms with Gasteiger partial charge in [0, 0.05) is 0 Å². The average Bonchev–Trinajstić information content (AvgIpc) is 2.67. The normalized spacial score (nSPS) is 13.5. The van der Waals surface area contributed by atoms with Crippen molar-refractivity contribution in [1.29, 1.82) is 0 Å². The van der Waals surface area contributed by atoms with E-state index >= 15 is 0 Å². The molecule has 0 aromatic heterocycles. The van der Waals surface area contributed by atoms with Gasteiger partial charge in [-0.15, -0.1) is 37.7 Å². The number of rotatable bonds is 0. The largest absolute Gasteiger partial charge is 2.00 e. The Morgan fingerprint density at radius 3 is 1.23 bits per heavy atom. The Bertz CT molecular complexity index is 151. The molecule has 0 unspecified atom stereocenters. The summed E-state index contributed by atoms with van der Waals surface area (Å²) in [5, 5.41) is 0. The summed E-state index contributed by atoms with van der Waals surface area (Å²) in [6, 6.07) is 0. The summed E-state index contributed by atoms with van der Waals surface area (Å²) in [5.41, 5.74) is 0. The van der Waals surface area contributed by atoms with Gasteiger partial charge in [0.2, 0.25) is 0 Å². The molecule has 0 saturated heterocycles. The van der Waals surface area contributed by atoms with Crippen LogP contribution in [0.5, 0.6) is 0 Å². The van der Waals surface area contributed by atoms with Gasteiger partial charge in [-0.25, -0.2) is 24.3 Å². The van der Waals surface area contributed by atoms with Gasteiger partial charge in [-0.2, -0.15) is 12.2 Å². The van der Waals surface area contributed by atoms with Crippen molar-refractivity contribution in [3.63, 3.8) is 0 Å². The predicted octanol–water partition coefficient (Wildman–Crippen LogP) is 3.45. The van der Waals surface area contributed by atoms with Crippen molar-refractivity contribution in [2.45, 2.75) is 12.8 Å². The van der Waals surface area contributed by atoms with Crippen LogP contribution < -0.4 is 0 Å². The van der Waals surface area contributed by atoms with Gasteiger partial charge in [0.1, 0.15) is 0 Å². The van der Waals surface area contributed by atoms with Crippen LogP contribution in [0, 0.1) is 52.1 Å². The molecule has 0 radical (unpaired) electrons. The molecule has 0 nitrogen and oxygen atoms in total. The summed E-state index contributed by atoms with van der Waals surface area (Å²) < 4.78 is 0. The van der Waals surface area contributed by atoms with Crippen LogP contribution in [0.25, 0.3) is 0 Å². The molecular weight excluding hydrogens is 423 g/mol. The number of allylic oxidation sites excluding steroid dienone is 8. The predicted molar refractivity (Wildman–Crippen MR) is 57.6 cm³/mol. The maximum Gasteiger partial charge on any atom is 2.00 e. The van der Waals surface area contributed by atoms with Gasteiger partial charge in [0.05, 0.1) is 0 Å². The first-order valence-electron chi connectivity index (χ1n) is 3.43. The molecule has 0 aromatic carbocycles. The standard InChI is InChI=1S/2C5H5.2ClH.Th/c2*1-2-4-5-3-1;;;/h2*1-3H,4H2;2*1H;/q2*-1;;;+2. The van der Waals surface area contributed by atoms with Gasteiger partial charge >= 0.3 is 39.9 Å². The summed E-state index contributed by atoms with van der Waals surface area (Å²) in [5.74, 6) is 0. The molecule has 0 aromatic rings. The summed E-state index contributed by atoms with van der Waals surface area (Å²) in [6.07, 6.45) is 20.0. The van der Waals surface area contributed by atoms with Crippen molar-refractivity contribution in [1.82, 2.24) is 0 Å². The second-order valence-electron chi connectivity index (χ2n) is 2.01. The number of halogens is 2. The van der Waals surface area contributed by atoms with Crippen LogP contribution in [0.1, 0.15) is 12.8 Å². The average molecular weight is 435 g/mol. The molecule has 0 bridgehead atoms. The fourth-order valence-electron chi connectivity index (χ4n) is 0.680. The molecule has 0 aliphatic heterocycles. The molecule has 2 aliphatic carbocycles. The van der Waals surface area contributed by atoms with Crippen LogP contribution in [0.4, 0.5) is 0 Å². The topological polar surface area (TPSA) is 0 Å². The van der Waals surface area contributed by atoms with Crippen LogP contribution in [0.2, 0.25) is 0 Å². The molecule has 0 atom stereocenters. The molecule has 0 spiro atoms. The van der Waals surface area contributed by atoms with E-state index in [0.29, 0.717) is 0 Å². The Labute approximate surface area is 125 Å². The van der Waals surface area contributed by atoms with Crippen molar-refractivity contribution in [2.24, 2.45) is 0 Å². The maximum absolute atomic E-state index is 2.99. The third-order valence-corrected chi connectivity index (χ3v) is 1.17. The van der Waals surface area contributed by atoms with Crippen molar-refractivity contribution in [3.8, 4) is 0 Å². The minimum atomic E-state index is 0. The van der Waals surface area contributed by atoms with Crippen LogP contribution in [0.15, 0.2) is 36.5 Å². The van der Waals surface area contributed by atoms with E-state index < -0.39 is 0 Å². The molecule has 0 N–H and O–H groups in total. The van der Waals surface area contributed by atoms with E-state index in [4.69, 9.17) is 0 Å². The summed E-state index contributed by atoms with van der Waals surface area (Å²) in [6.45, 7) is 0. The van der Waals surface area contributed by atoms with E-state index in [1.807, 2.05) is 24.3 Å². The van der Waals surface area contributed by atoms with Crippen LogP contribution in [-0.4, -0.2) is 0 Å². The number of hydrogen-bond acceptors (Lipinski definition) is 0. The molecule has 2 rings (SSSR count). The van der Waals surface area contributed by atoms with E-state index in [1.165, 1.54) is 0 Å². The fraction of sp³-hybridized carbons (Fsp3) is 0.200. The summed E-state index contributed by atoms with van der Waals surface area (Å²) >= 11 is 0. The molecule has 0 saturated carbocycles. The minimum absolute atomic E-state index is 0. The van der Waals surface area contributed by atoms with Crippen LogP contribution >= 0.6 is 24.8 Å². The second-order valence-corrected chi connectivity index (χ2v) is 2.01. The first-order valence-corrected chi connectivity index (χ1v) is 3.43. The van der Waals surface area contributed by atoms with Crippen molar-refractivity contribution >= 4 is 24.8 Å². The Kier molecular flexibility index (Phi) is 22.9. The monoisotopic (exact) mass is 434 g/mol. The molecule has 2 aliphatic rings. The fourth-order valence-corrected chi connectivity index (χ4v) is 0.680. The van der Waals surface area contributed by atoms with Crippen molar-refractivity contribution < 1.29 is 39.9 Å². The zero-order chi connectivity index (χ0) is 7.07. The molecule has 3 heteroatoms. The van der Waals surface area contributed by atoms with E-state index in [9.17, 15) is 0 Å². The molecule has 0 fully saturated rings. The van der Waals surface area contributed by atoms with Gasteiger partial charge in [-0.3, -0.25) is 12.2 Å². The van der Waals surface area contributed by atoms with E-state index in [2.05, 4.69) is 24.3 Å². The van der Waals surface area contributed by atoms with E-state index in [-0.39, 0.29) is 64.8 Å². The summed E-state index contributed by atoms with van der Waals surface area (Å²) in [7, 11) is 0. The first kappa shape index (κ1) is 19.4. The Hall–Kier alpha value is 0.865. The zero-order valence-electron chi connectivity index (χ0n) is 7.19. The van der Waals surface area contributed by atoms with Crippen LogP contribution in [0.3, 0.4) is 0 Å². The Balaban J connectivity index is -0.000000125.